The fourth-order valence-electron chi connectivity index (χ4n) is 1.70. The standard InChI is InChI=1S/2C8H6ClF3O/c9-6-3-1-5(2-4-6)7(13)8(10,11)12;9-6-3-1-2-5(4-6)7(13)8(10,11)12/h2*1-4,7,13H. The lowest BCUT2D eigenvalue weighted by Gasteiger charge is -2.14. The van der Waals surface area contributed by atoms with E-state index in [1.54, 1.807) is 0 Å². The molecule has 0 radical (unpaired) electrons. The summed E-state index contributed by atoms with van der Waals surface area (Å²) in [6.07, 6.45) is -14.2. The van der Waals surface area contributed by atoms with Gasteiger partial charge >= 0.3 is 12.4 Å². The van der Waals surface area contributed by atoms with Crippen LogP contribution in [-0.4, -0.2) is 22.6 Å². The lowest BCUT2D eigenvalue weighted by atomic mass is 10.1. The van der Waals surface area contributed by atoms with Crippen LogP contribution < -0.4 is 0 Å². The lowest BCUT2D eigenvalue weighted by Crippen LogP contribution is -2.19. The summed E-state index contributed by atoms with van der Waals surface area (Å²) < 4.78 is 71.8. The van der Waals surface area contributed by atoms with E-state index in [4.69, 9.17) is 33.4 Å². The molecule has 0 fully saturated rings. The van der Waals surface area contributed by atoms with Crippen molar-refractivity contribution in [3.8, 4) is 0 Å². The van der Waals surface area contributed by atoms with Crippen LogP contribution >= 0.6 is 23.2 Å². The molecule has 0 spiro atoms. The summed E-state index contributed by atoms with van der Waals surface area (Å²) >= 11 is 10.9. The Morgan fingerprint density at radius 2 is 1.12 bits per heavy atom. The van der Waals surface area contributed by atoms with Gasteiger partial charge in [0.05, 0.1) is 0 Å². The topological polar surface area (TPSA) is 40.5 Å². The van der Waals surface area contributed by atoms with Gasteiger partial charge in [0.25, 0.3) is 0 Å². The van der Waals surface area contributed by atoms with Crippen molar-refractivity contribution >= 4 is 23.2 Å². The Morgan fingerprint density at radius 3 is 1.54 bits per heavy atom. The van der Waals surface area contributed by atoms with Crippen LogP contribution in [0.25, 0.3) is 0 Å². The van der Waals surface area contributed by atoms with Gasteiger partial charge in [-0.3, -0.25) is 0 Å². The van der Waals surface area contributed by atoms with Crippen LogP contribution in [0.1, 0.15) is 23.3 Å². The van der Waals surface area contributed by atoms with Crippen LogP contribution in [0.4, 0.5) is 26.3 Å². The molecule has 0 aromatic heterocycles. The smallest absolute Gasteiger partial charge is 0.379 e. The molecule has 2 N–H and O–H groups in total. The molecule has 26 heavy (non-hydrogen) atoms. The van der Waals surface area contributed by atoms with Crippen molar-refractivity contribution in [1.82, 2.24) is 0 Å². The Kier molecular flexibility index (Phi) is 7.76. The van der Waals surface area contributed by atoms with Gasteiger partial charge in [-0.25, -0.2) is 0 Å². The summed E-state index contributed by atoms with van der Waals surface area (Å²) in [4.78, 5) is 0. The van der Waals surface area contributed by atoms with Crippen LogP contribution in [-0.2, 0) is 0 Å². The molecule has 2 aromatic rings. The number of benzene rings is 2. The Labute approximate surface area is 154 Å². The van der Waals surface area contributed by atoms with Crippen molar-refractivity contribution in [2.75, 3.05) is 0 Å². The number of hydrogen-bond donors (Lipinski definition) is 2. The third-order valence-electron chi connectivity index (χ3n) is 2.97. The zero-order valence-corrected chi connectivity index (χ0v) is 14.2. The van der Waals surface area contributed by atoms with Gasteiger partial charge < -0.3 is 10.2 Å². The highest BCUT2D eigenvalue weighted by atomic mass is 35.5. The normalized spacial score (nSPS) is 14.2. The molecule has 0 aliphatic heterocycles. The fourth-order valence-corrected chi connectivity index (χ4v) is 2.02. The second-order valence-electron chi connectivity index (χ2n) is 4.99. The zero-order valence-electron chi connectivity index (χ0n) is 12.7. The van der Waals surface area contributed by atoms with E-state index in [0.717, 1.165) is 18.2 Å². The molecule has 0 bridgehead atoms. The van der Waals surface area contributed by atoms with Crippen molar-refractivity contribution in [1.29, 1.82) is 0 Å². The van der Waals surface area contributed by atoms with E-state index < -0.39 is 24.6 Å². The quantitative estimate of drug-likeness (QED) is 0.596. The Bertz CT molecular complexity index is 701. The van der Waals surface area contributed by atoms with Crippen LogP contribution in [0.15, 0.2) is 48.5 Å². The van der Waals surface area contributed by atoms with Crippen molar-refractivity contribution in [2.24, 2.45) is 0 Å². The lowest BCUT2D eigenvalue weighted by molar-refractivity contribution is -0.207. The summed E-state index contributed by atoms with van der Waals surface area (Å²) in [5.41, 5.74) is -0.461. The minimum Gasteiger partial charge on any atom is -0.379 e. The monoisotopic (exact) mass is 420 g/mol. The van der Waals surface area contributed by atoms with Gasteiger partial charge in [-0.15, -0.1) is 0 Å². The first kappa shape index (κ1) is 22.6. The Hall–Kier alpha value is -1.48. The van der Waals surface area contributed by atoms with Crippen molar-refractivity contribution in [3.05, 3.63) is 69.7 Å². The first-order chi connectivity index (χ1) is 11.8. The molecule has 0 saturated carbocycles. The van der Waals surface area contributed by atoms with Gasteiger partial charge in [-0.2, -0.15) is 26.3 Å². The van der Waals surface area contributed by atoms with E-state index in [1.807, 2.05) is 0 Å². The van der Waals surface area contributed by atoms with Gasteiger partial charge in [-0.1, -0.05) is 47.5 Å². The van der Waals surface area contributed by atoms with Crippen LogP contribution in [0.3, 0.4) is 0 Å². The first-order valence-electron chi connectivity index (χ1n) is 6.83. The van der Waals surface area contributed by atoms with Crippen LogP contribution in [0.2, 0.25) is 10.0 Å². The summed E-state index contributed by atoms with van der Waals surface area (Å²) in [6, 6.07) is 9.92. The minimum absolute atomic E-state index is 0.167. The largest absolute Gasteiger partial charge is 0.418 e. The molecular formula is C16H12Cl2F6O2. The van der Waals surface area contributed by atoms with Crippen molar-refractivity contribution in [3.63, 3.8) is 0 Å². The molecule has 0 aliphatic rings. The molecule has 0 saturated heterocycles. The number of alkyl halides is 6. The van der Waals surface area contributed by atoms with Crippen molar-refractivity contribution in [2.45, 2.75) is 24.6 Å². The second-order valence-corrected chi connectivity index (χ2v) is 5.87. The third kappa shape index (κ3) is 7.03. The number of aliphatic hydroxyl groups is 2. The van der Waals surface area contributed by atoms with Crippen LogP contribution in [0.5, 0.6) is 0 Å². The van der Waals surface area contributed by atoms with Gasteiger partial charge in [0.15, 0.2) is 12.2 Å². The molecule has 10 heteroatoms. The van der Waals surface area contributed by atoms with Crippen LogP contribution in [0, 0.1) is 0 Å². The molecule has 2 rings (SSSR count). The zero-order chi connectivity index (χ0) is 20.1. The van der Waals surface area contributed by atoms with Gasteiger partial charge in [0.1, 0.15) is 0 Å². The van der Waals surface area contributed by atoms with E-state index in [0.29, 0.717) is 5.02 Å². The van der Waals surface area contributed by atoms with Gasteiger partial charge in [0.2, 0.25) is 0 Å². The maximum Gasteiger partial charge on any atom is 0.418 e. The molecular weight excluding hydrogens is 409 g/mol. The predicted molar refractivity (Wildman–Crippen MR) is 84.9 cm³/mol. The van der Waals surface area contributed by atoms with Crippen molar-refractivity contribution < 1.29 is 36.6 Å². The minimum atomic E-state index is -4.65. The van der Waals surface area contributed by atoms with Gasteiger partial charge in [0, 0.05) is 10.0 Å². The van der Waals surface area contributed by atoms with E-state index in [-0.39, 0.29) is 16.1 Å². The fraction of sp³-hybridized carbons (Fsp3) is 0.250. The highest BCUT2D eigenvalue weighted by molar-refractivity contribution is 6.30. The molecule has 144 valence electrons. The molecule has 0 heterocycles. The van der Waals surface area contributed by atoms with Gasteiger partial charge in [-0.05, 0) is 35.4 Å². The summed E-state index contributed by atoms with van der Waals surface area (Å²) in [5, 5.41) is 18.1. The molecule has 0 amide bonds. The number of aliphatic hydroxyl groups excluding tert-OH is 2. The predicted octanol–water partition coefficient (Wildman–Crippen LogP) is 5.87. The maximum absolute atomic E-state index is 12.0. The van der Waals surface area contributed by atoms with E-state index in [9.17, 15) is 26.3 Å². The summed E-state index contributed by atoms with van der Waals surface area (Å²) in [5.74, 6) is 0. The second kappa shape index (κ2) is 8.94. The molecule has 2 unspecified atom stereocenters. The molecule has 2 atom stereocenters. The Balaban J connectivity index is 0.000000260. The van der Waals surface area contributed by atoms with E-state index in [2.05, 4.69) is 0 Å². The molecule has 2 nitrogen and oxygen atoms in total. The Morgan fingerprint density at radius 1 is 0.654 bits per heavy atom. The molecule has 2 aromatic carbocycles. The highest BCUT2D eigenvalue weighted by Crippen LogP contribution is 2.33. The average molecular weight is 421 g/mol. The SMILES string of the molecule is OC(c1ccc(Cl)cc1)C(F)(F)F.OC(c1cccc(Cl)c1)C(F)(F)F. The summed E-state index contributed by atoms with van der Waals surface area (Å²) in [7, 11) is 0. The van der Waals surface area contributed by atoms with E-state index in [1.165, 1.54) is 30.3 Å². The van der Waals surface area contributed by atoms with E-state index >= 15 is 0 Å². The highest BCUT2D eigenvalue weighted by Gasteiger charge is 2.39. The third-order valence-corrected chi connectivity index (χ3v) is 3.46. The summed E-state index contributed by atoms with van der Waals surface area (Å²) in [6.45, 7) is 0. The number of hydrogen-bond acceptors (Lipinski definition) is 2. The number of halogens is 8. The maximum atomic E-state index is 12.0. The molecule has 0 aliphatic carbocycles. The number of rotatable bonds is 2. The first-order valence-corrected chi connectivity index (χ1v) is 7.58. The average Bonchev–Trinajstić information content (AvgIpc) is 2.53.